The van der Waals surface area contributed by atoms with E-state index < -0.39 is 24.0 Å². The van der Waals surface area contributed by atoms with Crippen molar-refractivity contribution in [1.82, 2.24) is 19.8 Å². The highest BCUT2D eigenvalue weighted by Gasteiger charge is 2.32. The number of fused-ring (bicyclic) bond motifs is 1. The number of nitrogens with one attached hydrogen (secondary N) is 2. The van der Waals surface area contributed by atoms with Crippen LogP contribution in [0.15, 0.2) is 23.0 Å². The van der Waals surface area contributed by atoms with Gasteiger partial charge in [0.05, 0.1) is 11.0 Å². The molecule has 0 spiro atoms. The molecule has 3 N–H and O–H groups in total. The van der Waals surface area contributed by atoms with Gasteiger partial charge in [0.15, 0.2) is 0 Å². The number of carbonyl (C=O) groups excluding carboxylic acids is 2. The van der Waals surface area contributed by atoms with Gasteiger partial charge in [-0.15, -0.1) is 0 Å². The molecule has 2 aromatic rings. The maximum Gasteiger partial charge on any atom is 0.329 e. The Bertz CT molecular complexity index is 1040. The molecule has 2 amide bonds. The Morgan fingerprint density at radius 2 is 2.04 bits per heavy atom. The first-order valence-electron chi connectivity index (χ1n) is 9.02. The van der Waals surface area contributed by atoms with Gasteiger partial charge in [0.25, 0.3) is 0 Å². The van der Waals surface area contributed by atoms with Crippen molar-refractivity contribution in [1.29, 1.82) is 0 Å². The topological polar surface area (TPSA) is 132 Å². The third-order valence-corrected chi connectivity index (χ3v) is 5.27. The molecule has 0 aliphatic carbocycles. The molecule has 1 unspecified atom stereocenters. The molecule has 0 saturated carbocycles. The molecule has 1 aromatic heterocycles. The average molecular weight is 388 g/mol. The standard InChI is InChI=1S/C18H20N4O6/c1-21-14-7-9(28-10-6-11(17(25)26)19-8-10)2-3-12(14)22(18(21)27)13-4-5-15(23)20-16(13)24/h2-3,7,10-11,13,19H,4-6,8H2,1H3,(H,25,26)(H,20,23,24)/t10-,11-,13?/m1/s1. The first-order valence-corrected chi connectivity index (χ1v) is 9.02. The summed E-state index contributed by atoms with van der Waals surface area (Å²) in [5.74, 6) is -1.22. The summed E-state index contributed by atoms with van der Waals surface area (Å²) in [7, 11) is 1.61. The number of carboxylic acid groups (broad SMARTS) is 1. The second-order valence-electron chi connectivity index (χ2n) is 7.10. The van der Waals surface area contributed by atoms with Crippen molar-refractivity contribution in [3.05, 3.63) is 28.7 Å². The van der Waals surface area contributed by atoms with Crippen LogP contribution in [0.2, 0.25) is 0 Å². The van der Waals surface area contributed by atoms with Crippen LogP contribution in [0.1, 0.15) is 25.3 Å². The second kappa shape index (κ2) is 6.79. The zero-order valence-corrected chi connectivity index (χ0v) is 15.2. The fraction of sp³-hybridized carbons (Fsp3) is 0.444. The third kappa shape index (κ3) is 3.05. The van der Waals surface area contributed by atoms with E-state index in [1.807, 2.05) is 0 Å². The predicted octanol–water partition coefficient (Wildman–Crippen LogP) is -0.488. The number of hydrogen-bond donors (Lipinski definition) is 3. The highest BCUT2D eigenvalue weighted by molar-refractivity contribution is 6.00. The Kier molecular flexibility index (Phi) is 4.42. The number of piperidine rings is 1. The van der Waals surface area contributed by atoms with Crippen LogP contribution in [-0.2, 0) is 21.4 Å². The summed E-state index contributed by atoms with van der Waals surface area (Å²) >= 11 is 0. The first kappa shape index (κ1) is 18.2. The summed E-state index contributed by atoms with van der Waals surface area (Å²) in [5.41, 5.74) is 0.811. The summed E-state index contributed by atoms with van der Waals surface area (Å²) in [5, 5.41) is 14.2. The molecule has 10 heteroatoms. The zero-order valence-electron chi connectivity index (χ0n) is 15.2. The number of amides is 2. The lowest BCUT2D eigenvalue weighted by Crippen LogP contribution is -2.44. The average Bonchev–Trinajstić information content (AvgIpc) is 3.20. The molecule has 3 atom stereocenters. The Balaban J connectivity index is 1.63. The van der Waals surface area contributed by atoms with E-state index in [0.29, 0.717) is 29.7 Å². The molecular formula is C18H20N4O6. The molecule has 2 aliphatic heterocycles. The van der Waals surface area contributed by atoms with Gasteiger partial charge in [-0.05, 0) is 18.6 Å². The third-order valence-electron chi connectivity index (χ3n) is 5.27. The monoisotopic (exact) mass is 388 g/mol. The van der Waals surface area contributed by atoms with Gasteiger partial charge in [0.2, 0.25) is 11.8 Å². The zero-order chi connectivity index (χ0) is 20.0. The highest BCUT2D eigenvalue weighted by Crippen LogP contribution is 2.27. The molecule has 28 heavy (non-hydrogen) atoms. The number of imidazole rings is 1. The Labute approximate surface area is 159 Å². The SMILES string of the molecule is Cn1c(=O)n(C2CCC(=O)NC2=O)c2ccc(O[C@H]3CN[C@@H](C(=O)O)C3)cc21. The summed E-state index contributed by atoms with van der Waals surface area (Å²) in [6.45, 7) is 0.422. The number of aryl methyl sites for hydroxylation is 1. The molecule has 10 nitrogen and oxygen atoms in total. The summed E-state index contributed by atoms with van der Waals surface area (Å²) < 4.78 is 8.70. The van der Waals surface area contributed by atoms with Gasteiger partial charge >= 0.3 is 11.7 Å². The van der Waals surface area contributed by atoms with E-state index in [1.54, 1.807) is 25.2 Å². The largest absolute Gasteiger partial charge is 0.489 e. The van der Waals surface area contributed by atoms with Crippen molar-refractivity contribution in [2.45, 2.75) is 37.5 Å². The van der Waals surface area contributed by atoms with E-state index in [1.165, 1.54) is 9.13 Å². The van der Waals surface area contributed by atoms with Gasteiger partial charge in [-0.1, -0.05) is 0 Å². The molecule has 2 aliphatic rings. The van der Waals surface area contributed by atoms with Crippen molar-refractivity contribution >= 4 is 28.8 Å². The van der Waals surface area contributed by atoms with Crippen molar-refractivity contribution in [2.75, 3.05) is 6.54 Å². The van der Waals surface area contributed by atoms with Gasteiger partial charge < -0.3 is 15.2 Å². The Morgan fingerprint density at radius 1 is 1.25 bits per heavy atom. The lowest BCUT2D eigenvalue weighted by molar-refractivity contribution is -0.139. The molecule has 0 radical (unpaired) electrons. The smallest absolute Gasteiger partial charge is 0.329 e. The van der Waals surface area contributed by atoms with Crippen molar-refractivity contribution in [2.24, 2.45) is 7.05 Å². The van der Waals surface area contributed by atoms with Gasteiger partial charge in [-0.2, -0.15) is 0 Å². The fourth-order valence-corrected chi connectivity index (χ4v) is 3.82. The minimum Gasteiger partial charge on any atom is -0.489 e. The number of benzene rings is 1. The van der Waals surface area contributed by atoms with Crippen LogP contribution in [0.25, 0.3) is 11.0 Å². The number of carbonyl (C=O) groups is 3. The highest BCUT2D eigenvalue weighted by atomic mass is 16.5. The van der Waals surface area contributed by atoms with E-state index in [2.05, 4.69) is 10.6 Å². The Hall–Kier alpha value is -3.14. The molecule has 0 bridgehead atoms. The van der Waals surface area contributed by atoms with Crippen LogP contribution < -0.4 is 21.1 Å². The van der Waals surface area contributed by atoms with Crippen molar-refractivity contribution in [3.8, 4) is 5.75 Å². The van der Waals surface area contributed by atoms with Crippen LogP contribution >= 0.6 is 0 Å². The lowest BCUT2D eigenvalue weighted by atomic mass is 10.1. The lowest BCUT2D eigenvalue weighted by Gasteiger charge is -2.22. The Morgan fingerprint density at radius 3 is 2.71 bits per heavy atom. The van der Waals surface area contributed by atoms with Crippen LogP contribution in [0.5, 0.6) is 5.75 Å². The van der Waals surface area contributed by atoms with Crippen LogP contribution in [0.3, 0.4) is 0 Å². The number of nitrogens with zero attached hydrogens (tertiary/aromatic N) is 2. The molecule has 1 aromatic carbocycles. The maximum atomic E-state index is 12.7. The van der Waals surface area contributed by atoms with Crippen LogP contribution in [-0.4, -0.2) is 50.7 Å². The van der Waals surface area contributed by atoms with Gasteiger partial charge in [-0.25, -0.2) is 4.79 Å². The van der Waals surface area contributed by atoms with E-state index >= 15 is 0 Å². The molecule has 3 heterocycles. The predicted molar refractivity (Wildman–Crippen MR) is 97.1 cm³/mol. The van der Waals surface area contributed by atoms with Crippen LogP contribution in [0.4, 0.5) is 0 Å². The summed E-state index contributed by atoms with van der Waals surface area (Å²) in [4.78, 5) is 47.4. The first-order chi connectivity index (χ1) is 13.3. The number of aliphatic carboxylic acids is 1. The number of ether oxygens (including phenoxy) is 1. The van der Waals surface area contributed by atoms with Gasteiger partial charge in [0, 0.05) is 32.5 Å². The quantitative estimate of drug-likeness (QED) is 0.602. The van der Waals surface area contributed by atoms with Gasteiger partial charge in [0.1, 0.15) is 23.9 Å². The molecule has 2 fully saturated rings. The van der Waals surface area contributed by atoms with Gasteiger partial charge in [-0.3, -0.25) is 28.8 Å². The van der Waals surface area contributed by atoms with Crippen molar-refractivity contribution in [3.63, 3.8) is 0 Å². The van der Waals surface area contributed by atoms with E-state index in [4.69, 9.17) is 9.84 Å². The summed E-state index contributed by atoms with van der Waals surface area (Å²) in [6, 6.07) is 3.72. The van der Waals surface area contributed by atoms with E-state index in [0.717, 1.165) is 0 Å². The minimum absolute atomic E-state index is 0.180. The van der Waals surface area contributed by atoms with Crippen molar-refractivity contribution < 1.29 is 24.2 Å². The minimum atomic E-state index is -0.912. The molecule has 148 valence electrons. The normalized spacial score (nSPS) is 25.1. The van der Waals surface area contributed by atoms with Crippen LogP contribution in [0, 0.1) is 0 Å². The number of aromatic nitrogens is 2. The second-order valence-corrected chi connectivity index (χ2v) is 7.10. The number of carboxylic acids is 1. The molecular weight excluding hydrogens is 368 g/mol. The number of rotatable bonds is 4. The fourth-order valence-electron chi connectivity index (χ4n) is 3.82. The number of imide groups is 1. The maximum absolute atomic E-state index is 12.7. The number of hydrogen-bond acceptors (Lipinski definition) is 6. The summed E-state index contributed by atoms with van der Waals surface area (Å²) in [6.07, 6.45) is 0.517. The molecule has 4 rings (SSSR count). The van der Waals surface area contributed by atoms with E-state index in [9.17, 15) is 19.2 Å². The van der Waals surface area contributed by atoms with E-state index in [-0.39, 0.29) is 30.5 Å². The molecule has 2 saturated heterocycles.